The first-order chi connectivity index (χ1) is 7.36. The van der Waals surface area contributed by atoms with Gasteiger partial charge in [0.2, 0.25) is 10.0 Å². The van der Waals surface area contributed by atoms with Crippen molar-refractivity contribution in [2.24, 2.45) is 0 Å². The molecule has 0 radical (unpaired) electrons. The standard InChI is InChI=1S/C9H11BrClNO3S/c1-6(5-13)12-16(14,15)9-3-2-7(10)4-8(9)11/h2-4,6,12-13H,5H2,1H3/t6-/m0/s1. The van der Waals surface area contributed by atoms with E-state index in [2.05, 4.69) is 20.7 Å². The molecule has 1 atom stereocenters. The molecule has 90 valence electrons. The Morgan fingerprint density at radius 3 is 2.69 bits per heavy atom. The lowest BCUT2D eigenvalue weighted by Crippen LogP contribution is -2.35. The van der Waals surface area contributed by atoms with Gasteiger partial charge in [0.05, 0.1) is 11.6 Å². The molecule has 0 fully saturated rings. The first-order valence-electron chi connectivity index (χ1n) is 4.45. The molecule has 0 heterocycles. The van der Waals surface area contributed by atoms with Crippen LogP contribution in [0.2, 0.25) is 5.02 Å². The highest BCUT2D eigenvalue weighted by atomic mass is 79.9. The maximum atomic E-state index is 11.8. The number of aliphatic hydroxyl groups excluding tert-OH is 1. The van der Waals surface area contributed by atoms with E-state index in [1.165, 1.54) is 12.1 Å². The fraction of sp³-hybridized carbons (Fsp3) is 0.333. The first-order valence-corrected chi connectivity index (χ1v) is 7.10. The van der Waals surface area contributed by atoms with E-state index in [0.717, 1.165) is 0 Å². The van der Waals surface area contributed by atoms with Crippen LogP contribution in [0.1, 0.15) is 6.92 Å². The Balaban J connectivity index is 3.08. The molecule has 0 unspecified atom stereocenters. The van der Waals surface area contributed by atoms with Crippen LogP contribution < -0.4 is 4.72 Å². The average molecular weight is 329 g/mol. The van der Waals surface area contributed by atoms with Crippen molar-refractivity contribution in [3.05, 3.63) is 27.7 Å². The van der Waals surface area contributed by atoms with Crippen molar-refractivity contribution >= 4 is 37.6 Å². The highest BCUT2D eigenvalue weighted by Gasteiger charge is 2.19. The van der Waals surface area contributed by atoms with E-state index in [0.29, 0.717) is 4.47 Å². The van der Waals surface area contributed by atoms with Crippen LogP contribution in [0.4, 0.5) is 0 Å². The summed E-state index contributed by atoms with van der Waals surface area (Å²) in [4.78, 5) is -0.00216. The van der Waals surface area contributed by atoms with E-state index in [-0.39, 0.29) is 16.5 Å². The summed E-state index contributed by atoms with van der Waals surface area (Å²) >= 11 is 9.02. The Morgan fingerprint density at radius 1 is 1.56 bits per heavy atom. The van der Waals surface area contributed by atoms with Gasteiger partial charge in [-0.2, -0.15) is 0 Å². The molecule has 0 aromatic heterocycles. The van der Waals surface area contributed by atoms with Gasteiger partial charge in [-0.1, -0.05) is 27.5 Å². The van der Waals surface area contributed by atoms with Crippen molar-refractivity contribution < 1.29 is 13.5 Å². The van der Waals surface area contributed by atoms with Crippen molar-refractivity contribution in [2.45, 2.75) is 17.9 Å². The lowest BCUT2D eigenvalue weighted by Gasteiger charge is -2.12. The lowest BCUT2D eigenvalue weighted by molar-refractivity contribution is 0.265. The fourth-order valence-corrected chi connectivity index (χ4v) is 3.33. The van der Waals surface area contributed by atoms with Gasteiger partial charge in [-0.05, 0) is 25.1 Å². The number of sulfonamides is 1. The second kappa shape index (κ2) is 5.46. The quantitative estimate of drug-likeness (QED) is 0.885. The van der Waals surface area contributed by atoms with E-state index in [9.17, 15) is 8.42 Å². The van der Waals surface area contributed by atoms with Gasteiger partial charge in [-0.3, -0.25) is 0 Å². The van der Waals surface area contributed by atoms with Gasteiger partial charge in [0.25, 0.3) is 0 Å². The van der Waals surface area contributed by atoms with E-state index in [4.69, 9.17) is 16.7 Å². The van der Waals surface area contributed by atoms with Crippen LogP contribution in [0.3, 0.4) is 0 Å². The van der Waals surface area contributed by atoms with Crippen LogP contribution in [-0.2, 0) is 10.0 Å². The molecule has 0 saturated heterocycles. The Morgan fingerprint density at radius 2 is 2.19 bits per heavy atom. The average Bonchev–Trinajstić information content (AvgIpc) is 2.16. The molecule has 16 heavy (non-hydrogen) atoms. The predicted octanol–water partition coefficient (Wildman–Crippen LogP) is 1.76. The zero-order valence-electron chi connectivity index (χ0n) is 8.44. The first kappa shape index (κ1) is 13.9. The summed E-state index contributed by atoms with van der Waals surface area (Å²) in [5, 5.41) is 8.92. The maximum Gasteiger partial charge on any atom is 0.242 e. The third-order valence-electron chi connectivity index (χ3n) is 1.81. The number of aliphatic hydroxyl groups is 1. The number of benzene rings is 1. The van der Waals surface area contributed by atoms with Crippen molar-refractivity contribution in [2.75, 3.05) is 6.61 Å². The highest BCUT2D eigenvalue weighted by Crippen LogP contribution is 2.25. The van der Waals surface area contributed by atoms with Crippen molar-refractivity contribution in [1.82, 2.24) is 4.72 Å². The predicted molar refractivity (Wildman–Crippen MR) is 66.0 cm³/mol. The van der Waals surface area contributed by atoms with E-state index < -0.39 is 16.1 Å². The summed E-state index contributed by atoms with van der Waals surface area (Å²) in [5.74, 6) is 0. The second-order valence-corrected chi connectivity index (χ2v) is 6.28. The van der Waals surface area contributed by atoms with Gasteiger partial charge in [0.15, 0.2) is 0 Å². The second-order valence-electron chi connectivity index (χ2n) is 3.28. The van der Waals surface area contributed by atoms with Crippen LogP contribution in [0.25, 0.3) is 0 Å². The normalized spacial score (nSPS) is 13.8. The van der Waals surface area contributed by atoms with Crippen LogP contribution in [0, 0.1) is 0 Å². The van der Waals surface area contributed by atoms with Crippen molar-refractivity contribution in [3.63, 3.8) is 0 Å². The molecule has 0 amide bonds. The molecule has 0 bridgehead atoms. The maximum absolute atomic E-state index is 11.8. The minimum atomic E-state index is -3.68. The lowest BCUT2D eigenvalue weighted by atomic mass is 10.4. The number of rotatable bonds is 4. The summed E-state index contributed by atoms with van der Waals surface area (Å²) in [6, 6.07) is 3.94. The molecule has 4 nitrogen and oxygen atoms in total. The SMILES string of the molecule is C[C@@H](CO)NS(=O)(=O)c1ccc(Br)cc1Cl. The number of halogens is 2. The molecule has 2 N–H and O–H groups in total. The van der Waals surface area contributed by atoms with Gasteiger partial charge in [0.1, 0.15) is 4.90 Å². The van der Waals surface area contributed by atoms with Gasteiger partial charge < -0.3 is 5.11 Å². The summed E-state index contributed by atoms with van der Waals surface area (Å²) in [5.41, 5.74) is 0. The van der Waals surface area contributed by atoms with Gasteiger partial charge in [-0.15, -0.1) is 0 Å². The molecule has 1 aromatic rings. The zero-order chi connectivity index (χ0) is 12.3. The van der Waals surface area contributed by atoms with Crippen LogP contribution in [0.15, 0.2) is 27.6 Å². The van der Waals surface area contributed by atoms with Gasteiger partial charge in [0, 0.05) is 10.5 Å². The minimum Gasteiger partial charge on any atom is -0.395 e. The third-order valence-corrected chi connectivity index (χ3v) is 4.38. The van der Waals surface area contributed by atoms with Crippen molar-refractivity contribution in [1.29, 1.82) is 0 Å². The van der Waals surface area contributed by atoms with Crippen molar-refractivity contribution in [3.8, 4) is 0 Å². The summed E-state index contributed by atoms with van der Waals surface area (Å²) in [6.45, 7) is 1.29. The highest BCUT2D eigenvalue weighted by molar-refractivity contribution is 9.10. The number of nitrogens with one attached hydrogen (secondary N) is 1. The van der Waals surface area contributed by atoms with Crippen LogP contribution >= 0.6 is 27.5 Å². The van der Waals surface area contributed by atoms with E-state index in [1.54, 1.807) is 13.0 Å². The Kier molecular flexibility index (Phi) is 4.75. The smallest absolute Gasteiger partial charge is 0.242 e. The summed E-state index contributed by atoms with van der Waals surface area (Å²) in [6.07, 6.45) is 0. The van der Waals surface area contributed by atoms with E-state index >= 15 is 0 Å². The topological polar surface area (TPSA) is 66.4 Å². The minimum absolute atomic E-state index is 0.00216. The molecule has 0 aliphatic rings. The molecular formula is C9H11BrClNO3S. The Bertz CT molecular complexity index is 478. The zero-order valence-corrected chi connectivity index (χ0v) is 11.6. The molecular weight excluding hydrogens is 318 g/mol. The largest absolute Gasteiger partial charge is 0.395 e. The summed E-state index contributed by atoms with van der Waals surface area (Å²) in [7, 11) is -3.68. The molecule has 1 rings (SSSR count). The van der Waals surface area contributed by atoms with E-state index in [1.807, 2.05) is 0 Å². The molecule has 0 aliphatic carbocycles. The molecule has 1 aromatic carbocycles. The van der Waals surface area contributed by atoms with Gasteiger partial charge in [-0.25, -0.2) is 13.1 Å². The summed E-state index contributed by atoms with van der Waals surface area (Å²) < 4.78 is 26.6. The molecule has 0 saturated carbocycles. The fourth-order valence-electron chi connectivity index (χ4n) is 1.06. The Labute approximate surface area is 108 Å². The Hall–Kier alpha value is -0.140. The third kappa shape index (κ3) is 3.43. The molecule has 0 aliphatic heterocycles. The van der Waals surface area contributed by atoms with Crippen LogP contribution in [-0.4, -0.2) is 26.2 Å². The monoisotopic (exact) mass is 327 g/mol. The van der Waals surface area contributed by atoms with Crippen LogP contribution in [0.5, 0.6) is 0 Å². The van der Waals surface area contributed by atoms with Gasteiger partial charge >= 0.3 is 0 Å². The molecule has 7 heteroatoms. The molecule has 0 spiro atoms. The number of hydrogen-bond donors (Lipinski definition) is 2. The number of hydrogen-bond acceptors (Lipinski definition) is 3.